The number of aliphatic imine (C=N–C) groups is 1. The highest BCUT2D eigenvalue weighted by atomic mass is 16.5. The molecule has 0 aliphatic carbocycles. The molecule has 0 aromatic rings. The Labute approximate surface area is 99.9 Å². The van der Waals surface area contributed by atoms with Crippen molar-refractivity contribution in [3.05, 3.63) is 0 Å². The van der Waals surface area contributed by atoms with Crippen LogP contribution in [0.25, 0.3) is 0 Å². The van der Waals surface area contributed by atoms with Crippen molar-refractivity contribution in [3.63, 3.8) is 0 Å². The molecule has 0 aliphatic heterocycles. The maximum atomic E-state index is 5.27. The number of nitrogens with one attached hydrogen (secondary N) is 2. The first-order valence-corrected chi connectivity index (χ1v) is 6.33. The Morgan fingerprint density at radius 1 is 1.25 bits per heavy atom. The van der Waals surface area contributed by atoms with Gasteiger partial charge in [0.1, 0.15) is 0 Å². The molecule has 0 rings (SSSR count). The molecule has 0 saturated heterocycles. The molecule has 0 aliphatic rings. The highest BCUT2D eigenvalue weighted by Gasteiger charge is 1.98. The molecule has 16 heavy (non-hydrogen) atoms. The number of ether oxygens (including phenoxy) is 1. The molecule has 4 heteroatoms. The Kier molecular flexibility index (Phi) is 10.2. The largest absolute Gasteiger partial charge is 0.382 e. The summed E-state index contributed by atoms with van der Waals surface area (Å²) < 4.78 is 5.27. The van der Waals surface area contributed by atoms with Crippen molar-refractivity contribution in [3.8, 4) is 0 Å². The zero-order valence-electron chi connectivity index (χ0n) is 11.2. The van der Waals surface area contributed by atoms with Crippen LogP contribution in [0.5, 0.6) is 0 Å². The molecule has 0 saturated carbocycles. The first-order chi connectivity index (χ1) is 7.70. The molecule has 0 aromatic carbocycles. The number of hydrogen-bond donors (Lipinski definition) is 2. The van der Waals surface area contributed by atoms with Gasteiger partial charge in [0, 0.05) is 32.3 Å². The van der Waals surface area contributed by atoms with E-state index in [2.05, 4.69) is 36.4 Å². The van der Waals surface area contributed by atoms with E-state index in [0.29, 0.717) is 6.04 Å². The standard InChI is InChI=1S/C12H27N3O/c1-5-13-12(15-11(3)4)14-9-7-8-10-16-6-2/h11H,5-10H2,1-4H3,(H2,13,14,15). The van der Waals surface area contributed by atoms with Gasteiger partial charge in [-0.1, -0.05) is 0 Å². The summed E-state index contributed by atoms with van der Waals surface area (Å²) in [6.45, 7) is 11.7. The van der Waals surface area contributed by atoms with Crippen molar-refractivity contribution in [2.45, 2.75) is 46.6 Å². The van der Waals surface area contributed by atoms with Gasteiger partial charge in [-0.15, -0.1) is 0 Å². The van der Waals surface area contributed by atoms with Crippen LogP contribution in [-0.4, -0.2) is 38.3 Å². The third kappa shape index (κ3) is 9.77. The summed E-state index contributed by atoms with van der Waals surface area (Å²) in [4.78, 5) is 4.49. The van der Waals surface area contributed by atoms with Gasteiger partial charge in [-0.05, 0) is 40.5 Å². The van der Waals surface area contributed by atoms with Crippen LogP contribution in [0, 0.1) is 0 Å². The predicted octanol–water partition coefficient (Wildman–Crippen LogP) is 1.77. The van der Waals surface area contributed by atoms with E-state index in [1.165, 1.54) is 0 Å². The van der Waals surface area contributed by atoms with Crippen molar-refractivity contribution < 1.29 is 4.74 Å². The summed E-state index contributed by atoms with van der Waals surface area (Å²) in [6.07, 6.45) is 2.16. The van der Waals surface area contributed by atoms with E-state index in [9.17, 15) is 0 Å². The Hall–Kier alpha value is -0.770. The average Bonchev–Trinajstić information content (AvgIpc) is 2.22. The van der Waals surface area contributed by atoms with E-state index >= 15 is 0 Å². The minimum atomic E-state index is 0.418. The Balaban J connectivity index is 3.67. The second kappa shape index (κ2) is 10.7. The smallest absolute Gasteiger partial charge is 0.191 e. The number of hydrogen-bond acceptors (Lipinski definition) is 2. The molecule has 0 radical (unpaired) electrons. The van der Waals surface area contributed by atoms with Crippen LogP contribution in [0.15, 0.2) is 4.99 Å². The lowest BCUT2D eigenvalue weighted by Crippen LogP contribution is -2.41. The molecule has 96 valence electrons. The highest BCUT2D eigenvalue weighted by Crippen LogP contribution is 1.91. The molecule has 2 N–H and O–H groups in total. The normalized spacial score (nSPS) is 11.9. The molecule has 0 amide bonds. The van der Waals surface area contributed by atoms with Crippen LogP contribution in [0.4, 0.5) is 0 Å². The first-order valence-electron chi connectivity index (χ1n) is 6.33. The maximum absolute atomic E-state index is 5.27. The SMILES string of the molecule is CCNC(=NCCCCOCC)NC(C)C. The quantitative estimate of drug-likeness (QED) is 0.379. The highest BCUT2D eigenvalue weighted by molar-refractivity contribution is 5.79. The fraction of sp³-hybridized carbons (Fsp3) is 0.917. The second-order valence-electron chi connectivity index (χ2n) is 3.96. The van der Waals surface area contributed by atoms with Crippen LogP contribution in [0.3, 0.4) is 0 Å². The lowest BCUT2D eigenvalue weighted by atomic mass is 10.3. The molecule has 0 bridgehead atoms. The lowest BCUT2D eigenvalue weighted by molar-refractivity contribution is 0.144. The molecule has 0 heterocycles. The van der Waals surface area contributed by atoms with Crippen molar-refractivity contribution in [1.29, 1.82) is 0 Å². The zero-order valence-corrected chi connectivity index (χ0v) is 11.2. The number of guanidine groups is 1. The van der Waals surface area contributed by atoms with Crippen molar-refractivity contribution in [2.24, 2.45) is 4.99 Å². The van der Waals surface area contributed by atoms with Gasteiger partial charge in [0.2, 0.25) is 0 Å². The van der Waals surface area contributed by atoms with Gasteiger partial charge >= 0.3 is 0 Å². The number of nitrogens with zero attached hydrogens (tertiary/aromatic N) is 1. The van der Waals surface area contributed by atoms with Gasteiger partial charge in [-0.2, -0.15) is 0 Å². The monoisotopic (exact) mass is 229 g/mol. The van der Waals surface area contributed by atoms with E-state index < -0.39 is 0 Å². The maximum Gasteiger partial charge on any atom is 0.191 e. The van der Waals surface area contributed by atoms with Gasteiger partial charge in [0.05, 0.1) is 0 Å². The number of unbranched alkanes of at least 4 members (excludes halogenated alkanes) is 1. The lowest BCUT2D eigenvalue weighted by Gasteiger charge is -2.13. The average molecular weight is 229 g/mol. The third-order valence-corrected chi connectivity index (χ3v) is 1.94. The van der Waals surface area contributed by atoms with E-state index in [1.807, 2.05) is 6.92 Å². The van der Waals surface area contributed by atoms with E-state index in [-0.39, 0.29) is 0 Å². The van der Waals surface area contributed by atoms with Crippen molar-refractivity contribution in [2.75, 3.05) is 26.3 Å². The summed E-state index contributed by atoms with van der Waals surface area (Å²) >= 11 is 0. The Bertz CT molecular complexity index is 181. The number of rotatable bonds is 8. The van der Waals surface area contributed by atoms with E-state index in [4.69, 9.17) is 4.74 Å². The van der Waals surface area contributed by atoms with Crippen molar-refractivity contribution >= 4 is 5.96 Å². The van der Waals surface area contributed by atoms with Crippen LogP contribution in [0.2, 0.25) is 0 Å². The Morgan fingerprint density at radius 2 is 2.00 bits per heavy atom. The van der Waals surface area contributed by atoms with Crippen LogP contribution in [0.1, 0.15) is 40.5 Å². The zero-order chi connectivity index (χ0) is 12.2. The van der Waals surface area contributed by atoms with Gasteiger partial charge in [0.25, 0.3) is 0 Å². The van der Waals surface area contributed by atoms with E-state index in [0.717, 1.165) is 45.1 Å². The summed E-state index contributed by atoms with van der Waals surface area (Å²) in [5.41, 5.74) is 0. The molecular formula is C12H27N3O. The molecule has 0 spiro atoms. The fourth-order valence-electron chi connectivity index (χ4n) is 1.24. The van der Waals surface area contributed by atoms with Gasteiger partial charge in [-0.3, -0.25) is 4.99 Å². The Morgan fingerprint density at radius 3 is 2.56 bits per heavy atom. The molecule has 0 atom stereocenters. The molecule has 0 unspecified atom stereocenters. The second-order valence-corrected chi connectivity index (χ2v) is 3.96. The fourth-order valence-corrected chi connectivity index (χ4v) is 1.24. The van der Waals surface area contributed by atoms with Gasteiger partial charge < -0.3 is 15.4 Å². The van der Waals surface area contributed by atoms with Crippen LogP contribution >= 0.6 is 0 Å². The minimum Gasteiger partial charge on any atom is -0.382 e. The summed E-state index contributed by atoms with van der Waals surface area (Å²) in [7, 11) is 0. The molecular weight excluding hydrogens is 202 g/mol. The van der Waals surface area contributed by atoms with Gasteiger partial charge in [-0.25, -0.2) is 0 Å². The summed E-state index contributed by atoms with van der Waals surface area (Å²) in [5.74, 6) is 0.911. The van der Waals surface area contributed by atoms with Crippen molar-refractivity contribution in [1.82, 2.24) is 10.6 Å². The minimum absolute atomic E-state index is 0.418. The molecule has 4 nitrogen and oxygen atoms in total. The molecule has 0 fully saturated rings. The first kappa shape index (κ1) is 15.2. The topological polar surface area (TPSA) is 45.7 Å². The van der Waals surface area contributed by atoms with E-state index in [1.54, 1.807) is 0 Å². The predicted molar refractivity (Wildman–Crippen MR) is 70.0 cm³/mol. The summed E-state index contributed by atoms with van der Waals surface area (Å²) in [6, 6.07) is 0.418. The third-order valence-electron chi connectivity index (χ3n) is 1.94. The van der Waals surface area contributed by atoms with Crippen LogP contribution in [-0.2, 0) is 4.74 Å². The summed E-state index contributed by atoms with van der Waals surface area (Å²) in [5, 5.41) is 6.51. The van der Waals surface area contributed by atoms with Crippen LogP contribution < -0.4 is 10.6 Å². The van der Waals surface area contributed by atoms with Gasteiger partial charge in [0.15, 0.2) is 5.96 Å². The molecule has 0 aromatic heterocycles.